The summed E-state index contributed by atoms with van der Waals surface area (Å²) in [5.41, 5.74) is 0. The number of halogens is 2. The maximum absolute atomic E-state index is 12.6. The number of ether oxygens (including phenoxy) is 1. The molecule has 0 bridgehead atoms. The van der Waals surface area contributed by atoms with E-state index in [9.17, 15) is 8.42 Å². The maximum Gasteiger partial charge on any atom is 0.233 e. The van der Waals surface area contributed by atoms with Gasteiger partial charge in [0.25, 0.3) is 0 Å². The van der Waals surface area contributed by atoms with Crippen molar-refractivity contribution in [2.45, 2.75) is 4.90 Å². The Bertz CT molecular complexity index is 903. The Hall–Kier alpha value is -1.61. The molecule has 0 amide bonds. The highest BCUT2D eigenvalue weighted by atomic mass is 35.5. The summed E-state index contributed by atoms with van der Waals surface area (Å²) >= 11 is 11.9. The van der Waals surface area contributed by atoms with Crippen LogP contribution in [0.1, 0.15) is 0 Å². The van der Waals surface area contributed by atoms with Gasteiger partial charge in [0.1, 0.15) is 0 Å². The van der Waals surface area contributed by atoms with Gasteiger partial charge in [-0.05, 0) is 18.2 Å². The summed E-state index contributed by atoms with van der Waals surface area (Å²) in [4.78, 5) is 12.8. The molecule has 1 aliphatic rings. The molecule has 0 saturated carbocycles. The number of hydrogen-bond acceptors (Lipinski definition) is 7. The second-order valence-corrected chi connectivity index (χ2v) is 9.06. The Balaban J connectivity index is 1.57. The number of benzene rings is 1. The van der Waals surface area contributed by atoms with Crippen LogP contribution in [0, 0.1) is 0 Å². The van der Waals surface area contributed by atoms with Crippen molar-refractivity contribution >= 4 is 38.9 Å². The molecule has 3 rings (SSSR count). The minimum absolute atomic E-state index is 0.00791. The van der Waals surface area contributed by atoms with Gasteiger partial charge in [-0.1, -0.05) is 23.2 Å². The Morgan fingerprint density at radius 1 is 1.15 bits per heavy atom. The molecule has 0 unspecified atom stereocenters. The quantitative estimate of drug-likeness (QED) is 0.695. The fraction of sp³-hybridized carbons (Fsp3) is 0.412. The fourth-order valence-electron chi connectivity index (χ4n) is 2.86. The van der Waals surface area contributed by atoms with E-state index in [-0.39, 0.29) is 15.7 Å². The molecule has 0 atom stereocenters. The first-order chi connectivity index (χ1) is 12.9. The van der Waals surface area contributed by atoms with E-state index in [1.54, 1.807) is 25.6 Å². The summed E-state index contributed by atoms with van der Waals surface area (Å²) in [6.45, 7) is 3.37. The van der Waals surface area contributed by atoms with Crippen molar-refractivity contribution in [1.29, 1.82) is 0 Å². The molecule has 1 fully saturated rings. The topological polar surface area (TPSA) is 75.6 Å². The lowest BCUT2D eigenvalue weighted by molar-refractivity contribution is 0.271. The van der Waals surface area contributed by atoms with Crippen LogP contribution in [0.2, 0.25) is 10.0 Å². The minimum Gasteiger partial charge on any atom is -0.480 e. The molecule has 0 N–H and O–H groups in total. The smallest absolute Gasteiger partial charge is 0.233 e. The van der Waals surface area contributed by atoms with E-state index in [0.29, 0.717) is 17.4 Å². The van der Waals surface area contributed by atoms with Crippen LogP contribution in [-0.4, -0.2) is 68.9 Å². The number of hydrogen-bond donors (Lipinski definition) is 0. The van der Waals surface area contributed by atoms with Crippen LogP contribution in [0.3, 0.4) is 0 Å². The summed E-state index contributed by atoms with van der Waals surface area (Å²) < 4.78 is 30.3. The van der Waals surface area contributed by atoms with Gasteiger partial charge in [0.05, 0.1) is 35.2 Å². The first-order valence-electron chi connectivity index (χ1n) is 8.40. The molecular formula is C17H20Cl2N4O3S. The van der Waals surface area contributed by atoms with Crippen LogP contribution in [-0.2, 0) is 9.84 Å². The molecule has 1 saturated heterocycles. The molecule has 0 radical (unpaired) electrons. The standard InChI is InChI=1S/C17H20Cl2N4O3S/c1-26-17-12-20-11-16(21-17)23-6-4-22(5-7-23)8-9-27(24,25)15-10-13(18)2-3-14(15)19/h2-3,10-12H,4-9H2,1H3. The lowest BCUT2D eigenvalue weighted by Gasteiger charge is -2.35. The van der Waals surface area contributed by atoms with Crippen molar-refractivity contribution < 1.29 is 13.2 Å². The van der Waals surface area contributed by atoms with Gasteiger partial charge in [0, 0.05) is 37.7 Å². The number of rotatable bonds is 6. The molecule has 2 heterocycles. The first kappa shape index (κ1) is 20.1. The summed E-state index contributed by atoms with van der Waals surface area (Å²) in [7, 11) is -1.94. The van der Waals surface area contributed by atoms with Gasteiger partial charge in [-0.3, -0.25) is 9.88 Å². The monoisotopic (exact) mass is 430 g/mol. The predicted molar refractivity (Wildman–Crippen MR) is 106 cm³/mol. The highest BCUT2D eigenvalue weighted by molar-refractivity contribution is 7.91. The zero-order valence-electron chi connectivity index (χ0n) is 14.8. The number of nitrogens with zero attached hydrogens (tertiary/aromatic N) is 4. The highest BCUT2D eigenvalue weighted by Gasteiger charge is 2.23. The van der Waals surface area contributed by atoms with E-state index in [1.807, 2.05) is 0 Å². The molecule has 0 aliphatic carbocycles. The Labute approximate surface area is 168 Å². The second-order valence-electron chi connectivity index (χ2n) is 6.14. The van der Waals surface area contributed by atoms with E-state index in [2.05, 4.69) is 19.8 Å². The average molecular weight is 431 g/mol. The number of anilines is 1. The van der Waals surface area contributed by atoms with Crippen LogP contribution < -0.4 is 9.64 Å². The number of aromatic nitrogens is 2. The second kappa shape index (κ2) is 8.60. The van der Waals surface area contributed by atoms with Crippen LogP contribution in [0.5, 0.6) is 5.88 Å². The minimum atomic E-state index is -3.50. The van der Waals surface area contributed by atoms with Crippen molar-refractivity contribution in [2.24, 2.45) is 0 Å². The number of sulfone groups is 1. The third-order valence-electron chi connectivity index (χ3n) is 4.41. The van der Waals surface area contributed by atoms with Crippen LogP contribution in [0.25, 0.3) is 0 Å². The first-order valence-corrected chi connectivity index (χ1v) is 10.8. The number of piperazine rings is 1. The summed E-state index contributed by atoms with van der Waals surface area (Å²) in [5.74, 6) is 1.22. The molecular weight excluding hydrogens is 411 g/mol. The molecule has 1 aromatic heterocycles. The molecule has 7 nitrogen and oxygen atoms in total. The van der Waals surface area contributed by atoms with Crippen molar-refractivity contribution in [3.8, 4) is 5.88 Å². The van der Waals surface area contributed by atoms with Crippen molar-refractivity contribution in [2.75, 3.05) is 50.5 Å². The van der Waals surface area contributed by atoms with Gasteiger partial charge in [-0.15, -0.1) is 0 Å². The third kappa shape index (κ3) is 5.01. The zero-order chi connectivity index (χ0) is 19.4. The molecule has 10 heteroatoms. The molecule has 2 aromatic rings. The maximum atomic E-state index is 12.6. The summed E-state index contributed by atoms with van der Waals surface area (Å²) in [6, 6.07) is 4.48. The van der Waals surface area contributed by atoms with Gasteiger partial charge in [-0.25, -0.2) is 8.42 Å². The lowest BCUT2D eigenvalue weighted by Crippen LogP contribution is -2.48. The van der Waals surface area contributed by atoms with Crippen molar-refractivity contribution in [3.63, 3.8) is 0 Å². The SMILES string of the molecule is COc1cncc(N2CCN(CCS(=O)(=O)c3cc(Cl)ccc3Cl)CC2)n1. The van der Waals surface area contributed by atoms with Crippen molar-refractivity contribution in [1.82, 2.24) is 14.9 Å². The van der Waals surface area contributed by atoms with E-state index in [1.165, 1.54) is 12.1 Å². The van der Waals surface area contributed by atoms with Gasteiger partial charge in [0.2, 0.25) is 5.88 Å². The van der Waals surface area contributed by atoms with Crippen LogP contribution in [0.4, 0.5) is 5.82 Å². The summed E-state index contributed by atoms with van der Waals surface area (Å²) in [5, 5.41) is 0.548. The van der Waals surface area contributed by atoms with E-state index >= 15 is 0 Å². The van der Waals surface area contributed by atoms with Crippen LogP contribution >= 0.6 is 23.2 Å². The average Bonchev–Trinajstić information content (AvgIpc) is 2.68. The highest BCUT2D eigenvalue weighted by Crippen LogP contribution is 2.26. The summed E-state index contributed by atoms with van der Waals surface area (Å²) in [6.07, 6.45) is 3.26. The largest absolute Gasteiger partial charge is 0.480 e. The molecule has 1 aromatic carbocycles. The number of methoxy groups -OCH3 is 1. The zero-order valence-corrected chi connectivity index (χ0v) is 17.1. The molecule has 0 spiro atoms. The van der Waals surface area contributed by atoms with Gasteiger partial charge >= 0.3 is 0 Å². The van der Waals surface area contributed by atoms with Crippen LogP contribution in [0.15, 0.2) is 35.5 Å². The Morgan fingerprint density at radius 2 is 1.89 bits per heavy atom. The van der Waals surface area contributed by atoms with E-state index in [4.69, 9.17) is 27.9 Å². The van der Waals surface area contributed by atoms with Gasteiger partial charge in [0.15, 0.2) is 15.7 Å². The molecule has 27 heavy (non-hydrogen) atoms. The molecule has 1 aliphatic heterocycles. The van der Waals surface area contributed by atoms with E-state index < -0.39 is 9.84 Å². The van der Waals surface area contributed by atoms with Gasteiger partial charge < -0.3 is 9.64 Å². The molecule has 146 valence electrons. The Morgan fingerprint density at radius 3 is 2.59 bits per heavy atom. The Kier molecular flexibility index (Phi) is 6.41. The van der Waals surface area contributed by atoms with Gasteiger partial charge in [-0.2, -0.15) is 4.98 Å². The van der Waals surface area contributed by atoms with Crippen molar-refractivity contribution in [3.05, 3.63) is 40.6 Å². The lowest BCUT2D eigenvalue weighted by atomic mass is 10.3. The van der Waals surface area contributed by atoms with E-state index in [0.717, 1.165) is 32.0 Å². The fourth-order valence-corrected chi connectivity index (χ4v) is 4.96. The normalized spacial score (nSPS) is 15.7. The third-order valence-corrected chi connectivity index (χ3v) is 6.81. The predicted octanol–water partition coefficient (Wildman–Crippen LogP) is 2.39.